The Bertz CT molecular complexity index is 1050. The number of esters is 1. The normalized spacial score (nSPS) is 22.1. The number of cyclic esters (lactones) is 1. The summed E-state index contributed by atoms with van der Waals surface area (Å²) in [5, 5.41) is 8.33. The second kappa shape index (κ2) is 17.1. The molecular formula is C30H46N4O6S. The van der Waals surface area contributed by atoms with Crippen molar-refractivity contribution in [3.8, 4) is 0 Å². The van der Waals surface area contributed by atoms with E-state index in [1.165, 1.54) is 24.6 Å². The number of rotatable bonds is 11. The summed E-state index contributed by atoms with van der Waals surface area (Å²) in [5.74, 6) is -1.81. The Morgan fingerprint density at radius 3 is 2.61 bits per heavy atom. The third kappa shape index (κ3) is 12.2. The van der Waals surface area contributed by atoms with Crippen molar-refractivity contribution >= 4 is 46.3 Å². The van der Waals surface area contributed by atoms with Crippen molar-refractivity contribution in [2.45, 2.75) is 110 Å². The molecular weight excluding hydrogens is 544 g/mol. The first kappa shape index (κ1) is 34.3. The molecule has 0 saturated carbocycles. The molecule has 0 aromatic carbocycles. The van der Waals surface area contributed by atoms with Gasteiger partial charge in [0.05, 0.1) is 13.0 Å². The van der Waals surface area contributed by atoms with Gasteiger partial charge in [-0.1, -0.05) is 64.3 Å². The largest absolute Gasteiger partial charge is 0.456 e. The van der Waals surface area contributed by atoms with Gasteiger partial charge in [0.25, 0.3) is 5.91 Å². The Labute approximate surface area is 248 Å². The van der Waals surface area contributed by atoms with Crippen molar-refractivity contribution in [2.75, 3.05) is 12.3 Å². The van der Waals surface area contributed by atoms with Gasteiger partial charge >= 0.3 is 5.97 Å². The first-order chi connectivity index (χ1) is 19.4. The number of carbonyl (C=O) groups is 5. The van der Waals surface area contributed by atoms with Gasteiger partial charge in [0.1, 0.15) is 23.4 Å². The number of ether oxygens (including phenoxy) is 1. The van der Waals surface area contributed by atoms with Crippen molar-refractivity contribution in [1.29, 1.82) is 0 Å². The van der Waals surface area contributed by atoms with E-state index >= 15 is 0 Å². The average Bonchev–Trinajstić information content (AvgIpc) is 3.38. The van der Waals surface area contributed by atoms with E-state index in [4.69, 9.17) is 4.74 Å². The predicted octanol–water partition coefficient (Wildman–Crippen LogP) is 3.75. The van der Waals surface area contributed by atoms with E-state index in [2.05, 4.69) is 27.9 Å². The van der Waals surface area contributed by atoms with Gasteiger partial charge in [-0.3, -0.25) is 24.2 Å². The Morgan fingerprint density at radius 1 is 1.17 bits per heavy atom. The molecule has 41 heavy (non-hydrogen) atoms. The molecule has 0 unspecified atom stereocenters. The number of unbranched alkanes of at least 4 members (excludes halogenated alkanes) is 4. The van der Waals surface area contributed by atoms with Crippen LogP contribution in [0.5, 0.6) is 0 Å². The SMILES string of the molecule is CCCCCCCC(=O)SCC/C=C/[C@@H]1CC(=O)NCC2=NC(=CC2)C(=O)NC(C)(C)C(=O)N[C@@H](C(C)C)C(=O)O1. The second-order valence-corrected chi connectivity index (χ2v) is 12.5. The maximum Gasteiger partial charge on any atom is 0.329 e. The molecule has 0 radical (unpaired) electrons. The van der Waals surface area contributed by atoms with E-state index in [0.717, 1.165) is 19.3 Å². The maximum atomic E-state index is 13.2. The van der Waals surface area contributed by atoms with Gasteiger partial charge in [-0.05, 0) is 44.8 Å². The molecule has 10 nitrogen and oxygen atoms in total. The van der Waals surface area contributed by atoms with E-state index in [-0.39, 0.29) is 35.6 Å². The van der Waals surface area contributed by atoms with Crippen LogP contribution in [0.4, 0.5) is 0 Å². The molecule has 2 rings (SSSR count). The van der Waals surface area contributed by atoms with Gasteiger partial charge in [0.2, 0.25) is 11.8 Å². The van der Waals surface area contributed by atoms with Crippen LogP contribution in [-0.4, -0.2) is 64.5 Å². The highest BCUT2D eigenvalue weighted by Gasteiger charge is 2.36. The number of hydrogen-bond donors (Lipinski definition) is 3. The van der Waals surface area contributed by atoms with Gasteiger partial charge in [-0.15, -0.1) is 0 Å². The number of nitrogens with one attached hydrogen (secondary N) is 3. The molecule has 228 valence electrons. The number of fused-ring (bicyclic) bond motifs is 1. The van der Waals surface area contributed by atoms with E-state index < -0.39 is 35.5 Å². The molecule has 0 aromatic rings. The summed E-state index contributed by atoms with van der Waals surface area (Å²) in [7, 11) is 0. The third-order valence-corrected chi connectivity index (χ3v) is 7.74. The van der Waals surface area contributed by atoms with Crippen molar-refractivity contribution < 1.29 is 28.7 Å². The third-order valence-electron chi connectivity index (χ3n) is 6.77. The zero-order valence-corrected chi connectivity index (χ0v) is 25.9. The highest BCUT2D eigenvalue weighted by molar-refractivity contribution is 8.13. The lowest BCUT2D eigenvalue weighted by Crippen LogP contribution is -2.59. The molecule has 2 bridgehead atoms. The number of carbonyl (C=O) groups excluding carboxylic acids is 5. The quantitative estimate of drug-likeness (QED) is 0.189. The van der Waals surface area contributed by atoms with E-state index in [1.807, 2.05) is 6.08 Å². The molecule has 2 aliphatic rings. The molecule has 0 saturated heterocycles. The lowest BCUT2D eigenvalue weighted by atomic mass is 9.99. The van der Waals surface area contributed by atoms with Gasteiger partial charge in [0, 0.05) is 24.3 Å². The lowest BCUT2D eigenvalue weighted by Gasteiger charge is -2.29. The zero-order chi connectivity index (χ0) is 30.4. The average molecular weight is 591 g/mol. The Hall–Kier alpha value is -2.95. The summed E-state index contributed by atoms with van der Waals surface area (Å²) in [5.41, 5.74) is -0.539. The number of allylic oxidation sites excluding steroid dienone is 2. The zero-order valence-electron chi connectivity index (χ0n) is 25.0. The van der Waals surface area contributed by atoms with Crippen molar-refractivity contribution in [1.82, 2.24) is 16.0 Å². The highest BCUT2D eigenvalue weighted by Crippen LogP contribution is 2.17. The van der Waals surface area contributed by atoms with Crippen molar-refractivity contribution in [3.05, 3.63) is 23.9 Å². The summed E-state index contributed by atoms with van der Waals surface area (Å²) < 4.78 is 5.70. The minimum Gasteiger partial charge on any atom is -0.456 e. The molecule has 2 heterocycles. The van der Waals surface area contributed by atoms with Crippen molar-refractivity contribution in [3.63, 3.8) is 0 Å². The lowest BCUT2D eigenvalue weighted by molar-refractivity contribution is -0.153. The molecule has 0 fully saturated rings. The van der Waals surface area contributed by atoms with Gasteiger partial charge in [-0.25, -0.2) is 4.79 Å². The number of amides is 3. The van der Waals surface area contributed by atoms with Crippen LogP contribution in [0.15, 0.2) is 28.9 Å². The van der Waals surface area contributed by atoms with Crippen LogP contribution in [0.25, 0.3) is 0 Å². The number of thioether (sulfide) groups is 1. The van der Waals surface area contributed by atoms with Crippen molar-refractivity contribution in [2.24, 2.45) is 10.9 Å². The molecule has 0 spiro atoms. The summed E-state index contributed by atoms with van der Waals surface area (Å²) in [6.45, 7) is 8.94. The van der Waals surface area contributed by atoms with Crippen LogP contribution < -0.4 is 16.0 Å². The molecule has 2 atom stereocenters. The number of nitrogens with zero attached hydrogens (tertiary/aromatic N) is 1. The van der Waals surface area contributed by atoms with E-state index in [9.17, 15) is 24.0 Å². The monoisotopic (exact) mass is 590 g/mol. The molecule has 3 amide bonds. The van der Waals surface area contributed by atoms with Crippen LogP contribution in [0.3, 0.4) is 0 Å². The Balaban J connectivity index is 2.08. The molecule has 0 aromatic heterocycles. The highest BCUT2D eigenvalue weighted by atomic mass is 32.2. The summed E-state index contributed by atoms with van der Waals surface area (Å²) >= 11 is 1.29. The standard InChI is InChI=1S/C30H46N4O6S/c1-6-7-8-9-10-14-25(36)41-17-12-11-13-22-18-24(35)31-19-21-15-16-23(32-21)27(37)34-30(4,5)29(39)33-26(20(2)3)28(38)40-22/h11,13,16,20,22,26H,6-10,12,14-15,17-19H2,1-5H3,(H,31,35)(H,33,39)(H,34,37)/b13-11+/t22-,26+/m1/s1. The second-order valence-electron chi connectivity index (χ2n) is 11.3. The summed E-state index contributed by atoms with van der Waals surface area (Å²) in [6.07, 6.45) is 11.2. The molecule has 2 aliphatic heterocycles. The van der Waals surface area contributed by atoms with Gasteiger partial charge < -0.3 is 20.7 Å². The fourth-order valence-electron chi connectivity index (χ4n) is 4.22. The van der Waals surface area contributed by atoms with E-state index in [1.54, 1.807) is 39.8 Å². The fraction of sp³-hybridized carbons (Fsp3) is 0.667. The smallest absolute Gasteiger partial charge is 0.329 e. The fourth-order valence-corrected chi connectivity index (χ4v) is 4.99. The topological polar surface area (TPSA) is 143 Å². The first-order valence-electron chi connectivity index (χ1n) is 14.6. The first-order valence-corrected chi connectivity index (χ1v) is 15.6. The minimum atomic E-state index is -1.32. The van der Waals surface area contributed by atoms with Gasteiger partial charge in [-0.2, -0.15) is 0 Å². The van der Waals surface area contributed by atoms with Crippen LogP contribution in [0.2, 0.25) is 0 Å². The van der Waals surface area contributed by atoms with Crippen LogP contribution in [0.1, 0.15) is 92.4 Å². The molecule has 0 aliphatic carbocycles. The Morgan fingerprint density at radius 2 is 1.90 bits per heavy atom. The summed E-state index contributed by atoms with van der Waals surface area (Å²) in [6, 6.07) is -0.994. The van der Waals surface area contributed by atoms with E-state index in [0.29, 0.717) is 30.7 Å². The Kier molecular flexibility index (Phi) is 14.3. The van der Waals surface area contributed by atoms with Crippen LogP contribution in [0, 0.1) is 5.92 Å². The molecule has 11 heteroatoms. The van der Waals surface area contributed by atoms with Gasteiger partial charge in [0.15, 0.2) is 5.12 Å². The maximum absolute atomic E-state index is 13.2. The minimum absolute atomic E-state index is 0.121. The summed E-state index contributed by atoms with van der Waals surface area (Å²) in [4.78, 5) is 68.1. The van der Waals surface area contributed by atoms with Crippen LogP contribution in [-0.2, 0) is 28.7 Å². The molecule has 3 N–H and O–H groups in total. The number of aliphatic imine (C=N–C) groups is 1. The predicted molar refractivity (Wildman–Crippen MR) is 161 cm³/mol. The van der Waals surface area contributed by atoms with Crippen LogP contribution >= 0.6 is 11.8 Å². The number of hydrogen-bond acceptors (Lipinski definition) is 8.